The van der Waals surface area contributed by atoms with Crippen molar-refractivity contribution in [2.45, 2.75) is 57.5 Å². The van der Waals surface area contributed by atoms with E-state index in [1.807, 2.05) is 91.0 Å². The van der Waals surface area contributed by atoms with Crippen LogP contribution < -0.4 is 0 Å². The highest BCUT2D eigenvalue weighted by Crippen LogP contribution is 2.29. The van der Waals surface area contributed by atoms with Crippen LogP contribution in [0.5, 0.6) is 0 Å². The molecule has 0 amide bonds. The summed E-state index contributed by atoms with van der Waals surface area (Å²) in [6.07, 6.45) is -4.59. The van der Waals surface area contributed by atoms with Crippen LogP contribution in [0.1, 0.15) is 23.6 Å². The molecule has 0 bridgehead atoms. The van der Waals surface area contributed by atoms with Crippen LogP contribution >= 0.6 is 0 Å². The van der Waals surface area contributed by atoms with E-state index in [0.717, 1.165) is 16.7 Å². The smallest absolute Gasteiger partial charge is 0.305 e. The molecule has 1 heterocycles. The van der Waals surface area contributed by atoms with Crippen molar-refractivity contribution in [1.29, 1.82) is 0 Å². The molecule has 3 aromatic carbocycles. The number of hydrogen-bond donors (Lipinski definition) is 1. The van der Waals surface area contributed by atoms with E-state index in [9.17, 15) is 9.90 Å². The summed E-state index contributed by atoms with van der Waals surface area (Å²) in [4.78, 5) is 11.7. The van der Waals surface area contributed by atoms with Crippen molar-refractivity contribution in [3.05, 3.63) is 108 Å². The summed E-state index contributed by atoms with van der Waals surface area (Å²) in [5.74, 6) is -0.562. The van der Waals surface area contributed by atoms with Crippen molar-refractivity contribution in [3.63, 3.8) is 0 Å². The van der Waals surface area contributed by atoms with E-state index in [1.54, 1.807) is 0 Å². The van der Waals surface area contributed by atoms with Crippen LogP contribution in [0.25, 0.3) is 0 Å². The molecule has 1 aliphatic heterocycles. The molecule has 3 aromatic rings. The second kappa shape index (κ2) is 13.3. The van der Waals surface area contributed by atoms with E-state index in [0.29, 0.717) is 13.2 Å². The summed E-state index contributed by atoms with van der Waals surface area (Å²) in [5, 5.41) is 11.1. The highest BCUT2D eigenvalue weighted by Gasteiger charge is 2.48. The summed E-state index contributed by atoms with van der Waals surface area (Å²) in [5.41, 5.74) is 2.93. The Bertz CT molecular complexity index is 1040. The number of carbonyl (C=O) groups is 1. The third-order valence-electron chi connectivity index (χ3n) is 5.86. The summed E-state index contributed by atoms with van der Waals surface area (Å²) >= 11 is 0. The number of carbonyl (C=O) groups excluding carboxylic acids is 1. The summed E-state index contributed by atoms with van der Waals surface area (Å²) in [6, 6.07) is 29.2. The molecule has 0 aromatic heterocycles. The third kappa shape index (κ3) is 7.46. The number of ether oxygens (including phenoxy) is 5. The van der Waals surface area contributed by atoms with Gasteiger partial charge < -0.3 is 28.8 Å². The molecule has 7 nitrogen and oxygen atoms in total. The molecule has 0 saturated carbocycles. The van der Waals surface area contributed by atoms with Crippen LogP contribution in [0.4, 0.5) is 0 Å². The number of aliphatic hydroxyl groups excluding tert-OH is 1. The van der Waals surface area contributed by atoms with E-state index in [-0.39, 0.29) is 13.2 Å². The molecule has 0 aliphatic carbocycles. The Hall–Kier alpha value is -3.07. The number of esters is 1. The summed E-state index contributed by atoms with van der Waals surface area (Å²) in [6.45, 7) is 2.35. The van der Waals surface area contributed by atoms with Gasteiger partial charge in [-0.05, 0) is 16.7 Å². The van der Waals surface area contributed by atoms with Gasteiger partial charge in [0.25, 0.3) is 0 Å². The van der Waals surface area contributed by atoms with Crippen molar-refractivity contribution in [3.8, 4) is 0 Å². The zero-order valence-electron chi connectivity index (χ0n) is 20.3. The minimum atomic E-state index is -1.25. The van der Waals surface area contributed by atoms with Gasteiger partial charge in [-0.1, -0.05) is 91.0 Å². The third-order valence-corrected chi connectivity index (χ3v) is 5.86. The first kappa shape index (κ1) is 26.0. The van der Waals surface area contributed by atoms with Gasteiger partial charge in [-0.2, -0.15) is 0 Å². The number of aliphatic hydroxyl groups is 1. The van der Waals surface area contributed by atoms with Gasteiger partial charge in [0, 0.05) is 6.92 Å². The number of rotatable bonds is 11. The van der Waals surface area contributed by atoms with Crippen molar-refractivity contribution in [1.82, 2.24) is 0 Å². The molecule has 1 saturated heterocycles. The first-order valence-corrected chi connectivity index (χ1v) is 12.0. The van der Waals surface area contributed by atoms with Crippen LogP contribution in [-0.2, 0) is 48.3 Å². The Morgan fingerprint density at radius 3 is 1.72 bits per heavy atom. The minimum Gasteiger partial charge on any atom is -0.433 e. The zero-order chi connectivity index (χ0) is 25.2. The SMILES string of the molecule is CC(=O)OC1O[C@H](COCc2ccccc2)[C@@H](OCc2ccccc2)[C@H](OCc2ccccc2)[C@H]1O. The maximum atomic E-state index is 11.7. The Kier molecular flexibility index (Phi) is 9.61. The fourth-order valence-electron chi connectivity index (χ4n) is 4.08. The summed E-state index contributed by atoms with van der Waals surface area (Å²) < 4.78 is 29.7. The van der Waals surface area contributed by atoms with Crippen molar-refractivity contribution < 1.29 is 33.6 Å². The van der Waals surface area contributed by atoms with Crippen molar-refractivity contribution in [2.24, 2.45) is 0 Å². The lowest BCUT2D eigenvalue weighted by molar-refractivity contribution is -0.310. The molecule has 190 valence electrons. The van der Waals surface area contributed by atoms with Gasteiger partial charge in [-0.3, -0.25) is 4.79 Å². The number of hydrogen-bond acceptors (Lipinski definition) is 7. The Morgan fingerprint density at radius 1 is 0.750 bits per heavy atom. The molecule has 1 aliphatic rings. The average molecular weight is 493 g/mol. The van der Waals surface area contributed by atoms with Gasteiger partial charge >= 0.3 is 5.97 Å². The fourth-order valence-corrected chi connectivity index (χ4v) is 4.08. The van der Waals surface area contributed by atoms with Gasteiger partial charge in [0.2, 0.25) is 6.29 Å². The maximum absolute atomic E-state index is 11.7. The standard InChI is InChI=1S/C29H32O7/c1-21(30)35-29-26(31)28(34-19-24-15-9-4-10-16-24)27(33-18-23-13-7-3-8-14-23)25(36-29)20-32-17-22-11-5-2-6-12-22/h2-16,25-29,31H,17-20H2,1H3/t25-,26-,27-,28-,29?/m1/s1. The maximum Gasteiger partial charge on any atom is 0.305 e. The molecule has 5 atom stereocenters. The van der Waals surface area contributed by atoms with Gasteiger partial charge in [0.1, 0.15) is 24.4 Å². The Morgan fingerprint density at radius 2 is 1.22 bits per heavy atom. The first-order chi connectivity index (χ1) is 17.6. The Labute approximate surface area is 211 Å². The fraction of sp³-hybridized carbons (Fsp3) is 0.345. The van der Waals surface area contributed by atoms with Crippen molar-refractivity contribution >= 4 is 5.97 Å². The predicted octanol–water partition coefficient (Wildman–Crippen LogP) is 4.02. The summed E-state index contributed by atoms with van der Waals surface area (Å²) in [7, 11) is 0. The first-order valence-electron chi connectivity index (χ1n) is 12.0. The van der Waals surface area contributed by atoms with E-state index >= 15 is 0 Å². The van der Waals surface area contributed by atoms with Crippen LogP contribution in [0, 0.1) is 0 Å². The lowest BCUT2D eigenvalue weighted by Gasteiger charge is -2.43. The lowest BCUT2D eigenvalue weighted by Crippen LogP contribution is -2.61. The van der Waals surface area contributed by atoms with E-state index in [4.69, 9.17) is 23.7 Å². The predicted molar refractivity (Wildman–Crippen MR) is 133 cm³/mol. The normalized spacial score (nSPS) is 23.8. The molecule has 36 heavy (non-hydrogen) atoms. The second-order valence-corrected chi connectivity index (χ2v) is 8.67. The van der Waals surface area contributed by atoms with Gasteiger partial charge in [-0.15, -0.1) is 0 Å². The van der Waals surface area contributed by atoms with Crippen LogP contribution in [0.2, 0.25) is 0 Å². The molecule has 1 N–H and O–H groups in total. The Balaban J connectivity index is 1.52. The van der Waals surface area contributed by atoms with Crippen LogP contribution in [0.15, 0.2) is 91.0 Å². The monoisotopic (exact) mass is 492 g/mol. The molecule has 0 spiro atoms. The topological polar surface area (TPSA) is 83.5 Å². The minimum absolute atomic E-state index is 0.157. The molecule has 4 rings (SSSR count). The number of benzene rings is 3. The quantitative estimate of drug-likeness (QED) is 0.405. The highest BCUT2D eigenvalue weighted by molar-refractivity contribution is 5.66. The molecule has 1 fully saturated rings. The lowest BCUT2D eigenvalue weighted by atomic mass is 9.98. The highest BCUT2D eigenvalue weighted by atomic mass is 16.7. The molecular formula is C29H32O7. The van der Waals surface area contributed by atoms with E-state index < -0.39 is 36.7 Å². The van der Waals surface area contributed by atoms with E-state index in [1.165, 1.54) is 6.92 Å². The zero-order valence-corrected chi connectivity index (χ0v) is 20.3. The molecule has 1 unspecified atom stereocenters. The van der Waals surface area contributed by atoms with Crippen molar-refractivity contribution in [2.75, 3.05) is 6.61 Å². The van der Waals surface area contributed by atoms with E-state index in [2.05, 4.69) is 0 Å². The second-order valence-electron chi connectivity index (χ2n) is 8.67. The largest absolute Gasteiger partial charge is 0.433 e. The van der Waals surface area contributed by atoms with Gasteiger partial charge in [0.05, 0.1) is 26.4 Å². The molecule has 0 radical (unpaired) electrons. The van der Waals surface area contributed by atoms with Gasteiger partial charge in [-0.25, -0.2) is 0 Å². The average Bonchev–Trinajstić information content (AvgIpc) is 2.90. The molecular weight excluding hydrogens is 460 g/mol. The van der Waals surface area contributed by atoms with Crippen LogP contribution in [0.3, 0.4) is 0 Å². The van der Waals surface area contributed by atoms with Crippen LogP contribution in [-0.4, -0.2) is 48.4 Å². The molecule has 7 heteroatoms. The van der Waals surface area contributed by atoms with Gasteiger partial charge in [0.15, 0.2) is 0 Å².